The van der Waals surface area contributed by atoms with Crippen molar-refractivity contribution in [3.8, 4) is 0 Å². The van der Waals surface area contributed by atoms with Crippen molar-refractivity contribution < 1.29 is 12.9 Å². The number of nitrogens with zero attached hydrogens (tertiary/aromatic N) is 3. The molecule has 2 heterocycles. The zero-order chi connectivity index (χ0) is 17.0. The van der Waals surface area contributed by atoms with Crippen molar-refractivity contribution in [2.75, 3.05) is 13.1 Å². The lowest BCUT2D eigenvalue weighted by molar-refractivity contribution is 0.303. The summed E-state index contributed by atoms with van der Waals surface area (Å²) in [5.41, 5.74) is 0.861. The maximum Gasteiger partial charge on any atom is 0.236 e. The standard InChI is InChI=1S/C17H21N3O3S/c1-2-16-18-17(19-23-16)15-9-6-11-20(13-15)24(21,22)12-10-14-7-4-3-5-8-14/h3-5,7-8,10,12,15H,2,6,9,11,13H2,1H3/b12-10+. The molecule has 6 nitrogen and oxygen atoms in total. The fourth-order valence-corrected chi connectivity index (χ4v) is 4.05. The molecule has 0 N–H and O–H groups in total. The molecule has 2 aromatic rings. The summed E-state index contributed by atoms with van der Waals surface area (Å²) in [5, 5.41) is 5.27. The van der Waals surface area contributed by atoms with Crippen LogP contribution in [0.1, 0.15) is 43.0 Å². The molecule has 1 unspecified atom stereocenters. The molecule has 0 radical (unpaired) electrons. The van der Waals surface area contributed by atoms with Crippen LogP contribution in [0.2, 0.25) is 0 Å². The van der Waals surface area contributed by atoms with E-state index in [0.717, 1.165) is 18.4 Å². The number of aromatic nitrogens is 2. The third kappa shape index (κ3) is 3.91. The molecule has 0 spiro atoms. The van der Waals surface area contributed by atoms with E-state index >= 15 is 0 Å². The van der Waals surface area contributed by atoms with Gasteiger partial charge in [0.05, 0.1) is 0 Å². The molecule has 1 saturated heterocycles. The lowest BCUT2D eigenvalue weighted by Gasteiger charge is -2.29. The van der Waals surface area contributed by atoms with Crippen molar-refractivity contribution in [1.29, 1.82) is 0 Å². The van der Waals surface area contributed by atoms with Crippen LogP contribution in [0.25, 0.3) is 6.08 Å². The van der Waals surface area contributed by atoms with Gasteiger partial charge in [-0.05, 0) is 24.5 Å². The Kier molecular flexibility index (Phi) is 5.11. The summed E-state index contributed by atoms with van der Waals surface area (Å²) >= 11 is 0. The van der Waals surface area contributed by atoms with E-state index in [1.54, 1.807) is 6.08 Å². The summed E-state index contributed by atoms with van der Waals surface area (Å²) in [4.78, 5) is 4.35. The van der Waals surface area contributed by atoms with Gasteiger partial charge in [-0.1, -0.05) is 42.4 Å². The third-order valence-corrected chi connectivity index (χ3v) is 5.66. The Morgan fingerprint density at radius 2 is 2.12 bits per heavy atom. The highest BCUT2D eigenvalue weighted by molar-refractivity contribution is 7.92. The molecule has 7 heteroatoms. The molecule has 1 aliphatic rings. The first kappa shape index (κ1) is 16.9. The summed E-state index contributed by atoms with van der Waals surface area (Å²) in [6.07, 6.45) is 3.97. The minimum absolute atomic E-state index is 0.0114. The van der Waals surface area contributed by atoms with E-state index in [1.165, 1.54) is 9.71 Å². The smallest absolute Gasteiger partial charge is 0.236 e. The first-order valence-corrected chi connectivity index (χ1v) is 9.64. The first-order valence-electron chi connectivity index (χ1n) is 8.14. The van der Waals surface area contributed by atoms with Crippen molar-refractivity contribution in [1.82, 2.24) is 14.4 Å². The number of sulfonamides is 1. The average molecular weight is 347 g/mol. The molecule has 3 rings (SSSR count). The third-order valence-electron chi connectivity index (χ3n) is 4.13. The van der Waals surface area contributed by atoms with Gasteiger partial charge in [-0.25, -0.2) is 8.42 Å². The number of hydrogen-bond donors (Lipinski definition) is 0. The second kappa shape index (κ2) is 7.27. The maximum absolute atomic E-state index is 12.6. The monoisotopic (exact) mass is 347 g/mol. The summed E-state index contributed by atoms with van der Waals surface area (Å²) in [5.74, 6) is 1.19. The second-order valence-corrected chi connectivity index (χ2v) is 7.67. The molecule has 1 aromatic carbocycles. The summed E-state index contributed by atoms with van der Waals surface area (Å²) in [7, 11) is -3.45. The second-order valence-electron chi connectivity index (χ2n) is 5.86. The molecule has 1 fully saturated rings. The SMILES string of the molecule is CCc1nc(C2CCCN(S(=O)(=O)/C=C/c3ccccc3)C2)no1. The Balaban J connectivity index is 1.72. The predicted octanol–water partition coefficient (Wildman–Crippen LogP) is 2.81. The lowest BCUT2D eigenvalue weighted by atomic mass is 9.99. The number of piperidine rings is 1. The van der Waals surface area contributed by atoms with Gasteiger partial charge in [0.1, 0.15) is 0 Å². The van der Waals surface area contributed by atoms with Gasteiger partial charge in [0.2, 0.25) is 15.9 Å². The molecule has 0 aliphatic carbocycles. The van der Waals surface area contributed by atoms with Crippen molar-refractivity contribution in [2.24, 2.45) is 0 Å². The molecule has 1 aliphatic heterocycles. The van der Waals surface area contributed by atoms with Crippen molar-refractivity contribution in [3.05, 3.63) is 53.0 Å². The summed E-state index contributed by atoms with van der Waals surface area (Å²) in [6.45, 7) is 2.86. The van der Waals surface area contributed by atoms with E-state index in [1.807, 2.05) is 37.3 Å². The molecule has 0 amide bonds. The molecule has 24 heavy (non-hydrogen) atoms. The van der Waals surface area contributed by atoms with Crippen LogP contribution in [0, 0.1) is 0 Å². The van der Waals surface area contributed by atoms with Gasteiger partial charge in [0, 0.05) is 30.8 Å². The van der Waals surface area contributed by atoms with E-state index in [2.05, 4.69) is 10.1 Å². The van der Waals surface area contributed by atoms with Gasteiger partial charge in [-0.3, -0.25) is 0 Å². The quantitative estimate of drug-likeness (QED) is 0.831. The van der Waals surface area contributed by atoms with Gasteiger partial charge < -0.3 is 4.52 Å². The molecular formula is C17H21N3O3S. The van der Waals surface area contributed by atoms with Gasteiger partial charge in [-0.15, -0.1) is 0 Å². The van der Waals surface area contributed by atoms with Gasteiger partial charge in [-0.2, -0.15) is 9.29 Å². The Labute approximate surface area is 142 Å². The Morgan fingerprint density at radius 1 is 1.33 bits per heavy atom. The van der Waals surface area contributed by atoms with Crippen molar-refractivity contribution >= 4 is 16.1 Å². The first-order chi connectivity index (χ1) is 11.6. The van der Waals surface area contributed by atoms with Crippen molar-refractivity contribution in [3.63, 3.8) is 0 Å². The zero-order valence-electron chi connectivity index (χ0n) is 13.6. The van der Waals surface area contributed by atoms with E-state index in [9.17, 15) is 8.42 Å². The predicted molar refractivity (Wildman–Crippen MR) is 91.6 cm³/mol. The summed E-state index contributed by atoms with van der Waals surface area (Å²) < 4.78 is 31.8. The molecule has 0 saturated carbocycles. The minimum Gasteiger partial charge on any atom is -0.339 e. The van der Waals surface area contributed by atoms with Crippen LogP contribution in [0.4, 0.5) is 0 Å². The van der Waals surface area contributed by atoms with Crippen LogP contribution in [0.5, 0.6) is 0 Å². The van der Waals surface area contributed by atoms with Crippen LogP contribution in [-0.4, -0.2) is 36.0 Å². The van der Waals surface area contributed by atoms with Gasteiger partial charge >= 0.3 is 0 Å². The number of rotatable bonds is 5. The van der Waals surface area contributed by atoms with E-state index in [4.69, 9.17) is 4.52 Å². The van der Waals surface area contributed by atoms with Crippen LogP contribution < -0.4 is 0 Å². The summed E-state index contributed by atoms with van der Waals surface area (Å²) in [6, 6.07) is 9.40. The molecule has 128 valence electrons. The highest BCUT2D eigenvalue weighted by Gasteiger charge is 2.30. The van der Waals surface area contributed by atoms with Crippen LogP contribution >= 0.6 is 0 Å². The highest BCUT2D eigenvalue weighted by atomic mass is 32.2. The maximum atomic E-state index is 12.6. The molecule has 0 bridgehead atoms. The zero-order valence-corrected chi connectivity index (χ0v) is 14.4. The van der Waals surface area contributed by atoms with Gasteiger partial charge in [0.15, 0.2) is 5.82 Å². The topological polar surface area (TPSA) is 76.3 Å². The number of hydrogen-bond acceptors (Lipinski definition) is 5. The molecule has 1 atom stereocenters. The van der Waals surface area contributed by atoms with Gasteiger partial charge in [0.25, 0.3) is 0 Å². The minimum atomic E-state index is -3.45. The Hall–Kier alpha value is -1.99. The van der Waals surface area contributed by atoms with E-state index in [0.29, 0.717) is 31.2 Å². The number of benzene rings is 1. The fourth-order valence-electron chi connectivity index (χ4n) is 2.78. The normalized spacial score (nSPS) is 19.8. The van der Waals surface area contributed by atoms with E-state index < -0.39 is 10.0 Å². The van der Waals surface area contributed by atoms with Crippen molar-refractivity contribution in [2.45, 2.75) is 32.1 Å². The Bertz CT molecular complexity index is 799. The fraction of sp³-hybridized carbons (Fsp3) is 0.412. The van der Waals surface area contributed by atoms with Crippen LogP contribution in [-0.2, 0) is 16.4 Å². The molecular weight excluding hydrogens is 326 g/mol. The Morgan fingerprint density at radius 3 is 2.83 bits per heavy atom. The van der Waals surface area contributed by atoms with E-state index in [-0.39, 0.29) is 5.92 Å². The highest BCUT2D eigenvalue weighted by Crippen LogP contribution is 2.27. The molecule has 1 aromatic heterocycles. The van der Waals surface area contributed by atoms with Crippen LogP contribution in [0.3, 0.4) is 0 Å². The lowest BCUT2D eigenvalue weighted by Crippen LogP contribution is -2.38. The average Bonchev–Trinajstić information content (AvgIpc) is 3.10. The number of aryl methyl sites for hydroxylation is 1. The largest absolute Gasteiger partial charge is 0.339 e. The van der Waals surface area contributed by atoms with Crippen LogP contribution in [0.15, 0.2) is 40.3 Å².